The first kappa shape index (κ1) is 15.2. The van der Waals surface area contributed by atoms with Crippen LogP contribution in [-0.4, -0.2) is 42.0 Å². The predicted molar refractivity (Wildman–Crippen MR) is 76.4 cm³/mol. The fourth-order valence-corrected chi connectivity index (χ4v) is 2.48. The number of rotatable bonds is 4. The molecule has 1 N–H and O–H groups in total. The van der Waals surface area contributed by atoms with Crippen LogP contribution in [0.2, 0.25) is 5.15 Å². The van der Waals surface area contributed by atoms with Crippen molar-refractivity contribution >= 4 is 17.5 Å². The molecule has 1 fully saturated rings. The Morgan fingerprint density at radius 3 is 2.95 bits per heavy atom. The molecule has 0 radical (unpaired) electrons. The summed E-state index contributed by atoms with van der Waals surface area (Å²) in [6.45, 7) is 5.73. The minimum Gasteiger partial charge on any atom is -0.351 e. The van der Waals surface area contributed by atoms with Crippen molar-refractivity contribution in [2.75, 3.05) is 26.2 Å². The van der Waals surface area contributed by atoms with Crippen LogP contribution in [0, 0.1) is 11.7 Å². The van der Waals surface area contributed by atoms with E-state index in [1.807, 2.05) is 0 Å². The fraction of sp³-hybridized carbons (Fsp3) is 0.571. The molecule has 0 atom stereocenters. The average molecular weight is 300 g/mol. The summed E-state index contributed by atoms with van der Waals surface area (Å²) in [5, 5.41) is 2.78. The van der Waals surface area contributed by atoms with Crippen molar-refractivity contribution in [3.8, 4) is 0 Å². The zero-order valence-corrected chi connectivity index (χ0v) is 12.3. The van der Waals surface area contributed by atoms with E-state index >= 15 is 0 Å². The molecule has 110 valence electrons. The molecule has 20 heavy (non-hydrogen) atoms. The molecule has 1 amide bonds. The molecule has 1 aliphatic rings. The number of nitrogens with one attached hydrogen (secondary N) is 1. The van der Waals surface area contributed by atoms with Gasteiger partial charge < -0.3 is 10.2 Å². The molecule has 6 heteroatoms. The summed E-state index contributed by atoms with van der Waals surface area (Å²) >= 11 is 5.79. The van der Waals surface area contributed by atoms with Crippen LogP contribution in [0.25, 0.3) is 0 Å². The van der Waals surface area contributed by atoms with Gasteiger partial charge in [0.25, 0.3) is 5.91 Å². The zero-order chi connectivity index (χ0) is 14.5. The molecule has 0 bridgehead atoms. The Balaban J connectivity index is 1.79. The van der Waals surface area contributed by atoms with Gasteiger partial charge in [-0.15, -0.1) is 0 Å². The van der Waals surface area contributed by atoms with Crippen LogP contribution in [0.1, 0.15) is 30.1 Å². The lowest BCUT2D eigenvalue weighted by molar-refractivity contribution is 0.0944. The van der Waals surface area contributed by atoms with E-state index in [1.54, 1.807) is 0 Å². The van der Waals surface area contributed by atoms with Crippen molar-refractivity contribution in [1.29, 1.82) is 0 Å². The summed E-state index contributed by atoms with van der Waals surface area (Å²) in [6, 6.07) is 1.10. The lowest BCUT2D eigenvalue weighted by atomic mass is 9.99. The quantitative estimate of drug-likeness (QED) is 0.868. The second-order valence-electron chi connectivity index (χ2n) is 5.27. The number of hydrogen-bond donors (Lipinski definition) is 1. The lowest BCUT2D eigenvalue weighted by Crippen LogP contribution is -2.39. The number of carbonyl (C=O) groups excluding carboxylic acids is 1. The number of carbonyl (C=O) groups is 1. The molecular formula is C14H19ClFN3O. The summed E-state index contributed by atoms with van der Waals surface area (Å²) in [5.74, 6) is -0.157. The predicted octanol–water partition coefficient (Wildman–Crippen LogP) is 2.34. The molecule has 1 aromatic heterocycles. The molecule has 2 rings (SSSR count). The minimum atomic E-state index is -0.565. The van der Waals surface area contributed by atoms with Gasteiger partial charge in [0.2, 0.25) is 0 Å². The molecule has 1 aliphatic heterocycles. The summed E-state index contributed by atoms with van der Waals surface area (Å²) in [5.41, 5.74) is 0.0823. The second kappa shape index (κ2) is 6.99. The number of amides is 1. The summed E-state index contributed by atoms with van der Waals surface area (Å²) in [4.78, 5) is 17.8. The normalized spacial score (nSPS) is 17.1. The molecule has 0 aliphatic carbocycles. The van der Waals surface area contributed by atoms with E-state index in [0.29, 0.717) is 6.54 Å². The van der Waals surface area contributed by atoms with E-state index in [0.717, 1.165) is 37.8 Å². The van der Waals surface area contributed by atoms with Gasteiger partial charge in [-0.3, -0.25) is 4.79 Å². The number of halogens is 2. The summed E-state index contributed by atoms with van der Waals surface area (Å²) < 4.78 is 13.0. The number of aromatic nitrogens is 1. The number of hydrogen-bond acceptors (Lipinski definition) is 3. The third kappa shape index (κ3) is 4.15. The van der Waals surface area contributed by atoms with Gasteiger partial charge in [-0.1, -0.05) is 18.5 Å². The van der Waals surface area contributed by atoms with Gasteiger partial charge in [-0.25, -0.2) is 9.37 Å². The standard InChI is InChI=1S/C14H19ClFN3O/c1-10-2-5-19(6-3-10)7-4-17-14(20)12-8-11(16)9-18-13(12)15/h8-10H,2-7H2,1H3,(H,17,20). The van der Waals surface area contributed by atoms with Crippen LogP contribution in [0.3, 0.4) is 0 Å². The van der Waals surface area contributed by atoms with E-state index < -0.39 is 5.82 Å². The molecule has 4 nitrogen and oxygen atoms in total. The monoisotopic (exact) mass is 299 g/mol. The van der Waals surface area contributed by atoms with Gasteiger partial charge in [0, 0.05) is 13.1 Å². The highest BCUT2D eigenvalue weighted by atomic mass is 35.5. The maximum absolute atomic E-state index is 13.0. The second-order valence-corrected chi connectivity index (χ2v) is 5.63. The van der Waals surface area contributed by atoms with Crippen molar-refractivity contribution in [1.82, 2.24) is 15.2 Å². The van der Waals surface area contributed by atoms with Crippen molar-refractivity contribution < 1.29 is 9.18 Å². The van der Waals surface area contributed by atoms with Gasteiger partial charge in [0.05, 0.1) is 11.8 Å². The first-order chi connectivity index (χ1) is 9.56. The zero-order valence-electron chi connectivity index (χ0n) is 11.5. The molecule has 2 heterocycles. The number of pyridine rings is 1. The van der Waals surface area contributed by atoms with Gasteiger partial charge >= 0.3 is 0 Å². The van der Waals surface area contributed by atoms with Crippen LogP contribution in [0.5, 0.6) is 0 Å². The van der Waals surface area contributed by atoms with Crippen LogP contribution >= 0.6 is 11.6 Å². The Kier molecular flexibility index (Phi) is 5.31. The number of piperidine rings is 1. The maximum atomic E-state index is 13.0. The lowest BCUT2D eigenvalue weighted by Gasteiger charge is -2.30. The van der Waals surface area contributed by atoms with Gasteiger partial charge in [0.15, 0.2) is 0 Å². The Labute approximate surface area is 123 Å². The van der Waals surface area contributed by atoms with Crippen molar-refractivity contribution in [2.24, 2.45) is 5.92 Å². The smallest absolute Gasteiger partial charge is 0.254 e. The Hall–Kier alpha value is -1.20. The highest BCUT2D eigenvalue weighted by Gasteiger charge is 2.16. The molecule has 0 aromatic carbocycles. The molecule has 1 aromatic rings. The molecule has 0 saturated carbocycles. The van der Waals surface area contributed by atoms with Crippen LogP contribution < -0.4 is 5.32 Å². The Morgan fingerprint density at radius 1 is 1.55 bits per heavy atom. The largest absolute Gasteiger partial charge is 0.351 e. The third-order valence-corrected chi connectivity index (χ3v) is 3.94. The first-order valence-electron chi connectivity index (χ1n) is 6.88. The van der Waals surface area contributed by atoms with Crippen LogP contribution in [0.15, 0.2) is 12.3 Å². The number of likely N-dealkylation sites (tertiary alicyclic amines) is 1. The highest BCUT2D eigenvalue weighted by Crippen LogP contribution is 2.15. The minimum absolute atomic E-state index is 0.0238. The van der Waals surface area contributed by atoms with Crippen molar-refractivity contribution in [3.63, 3.8) is 0 Å². The Bertz CT molecular complexity index is 475. The summed E-state index contributed by atoms with van der Waals surface area (Å²) in [6.07, 6.45) is 3.40. The summed E-state index contributed by atoms with van der Waals surface area (Å²) in [7, 11) is 0. The molecule has 0 spiro atoms. The van der Waals surface area contributed by atoms with E-state index in [-0.39, 0.29) is 16.6 Å². The van der Waals surface area contributed by atoms with Crippen LogP contribution in [0.4, 0.5) is 4.39 Å². The Morgan fingerprint density at radius 2 is 2.25 bits per heavy atom. The number of nitrogens with zero attached hydrogens (tertiary/aromatic N) is 2. The van der Waals surface area contributed by atoms with E-state index in [9.17, 15) is 9.18 Å². The SMILES string of the molecule is CC1CCN(CCNC(=O)c2cc(F)cnc2Cl)CC1. The van der Waals surface area contributed by atoms with E-state index in [1.165, 1.54) is 12.8 Å². The van der Waals surface area contributed by atoms with Gasteiger partial charge in [-0.05, 0) is 37.9 Å². The maximum Gasteiger partial charge on any atom is 0.254 e. The van der Waals surface area contributed by atoms with Crippen molar-refractivity contribution in [3.05, 3.63) is 28.8 Å². The fourth-order valence-electron chi connectivity index (χ4n) is 2.29. The molecule has 1 saturated heterocycles. The molecular weight excluding hydrogens is 281 g/mol. The van der Waals surface area contributed by atoms with Crippen molar-refractivity contribution in [2.45, 2.75) is 19.8 Å². The van der Waals surface area contributed by atoms with Gasteiger partial charge in [0.1, 0.15) is 11.0 Å². The van der Waals surface area contributed by atoms with E-state index in [4.69, 9.17) is 11.6 Å². The topological polar surface area (TPSA) is 45.2 Å². The van der Waals surface area contributed by atoms with E-state index in [2.05, 4.69) is 22.1 Å². The van der Waals surface area contributed by atoms with Gasteiger partial charge in [-0.2, -0.15) is 0 Å². The molecule has 0 unspecified atom stereocenters. The van der Waals surface area contributed by atoms with Crippen LogP contribution in [-0.2, 0) is 0 Å². The average Bonchev–Trinajstić information content (AvgIpc) is 2.43. The first-order valence-corrected chi connectivity index (χ1v) is 7.25. The third-order valence-electron chi connectivity index (χ3n) is 3.64. The highest BCUT2D eigenvalue weighted by molar-refractivity contribution is 6.32.